The monoisotopic (exact) mass is 750 g/mol. The summed E-state index contributed by atoms with van der Waals surface area (Å²) in [5.74, 6) is -4.80. The average Bonchev–Trinajstić information content (AvgIpc) is 3.47. The molecule has 18 heteroatoms. The van der Waals surface area contributed by atoms with Crippen LogP contribution in [-0.2, 0) is 66.7 Å². The average molecular weight is 751 g/mol. The fourth-order valence-electron chi connectivity index (χ4n) is 5.82. The van der Waals surface area contributed by atoms with Crippen LogP contribution in [0.2, 0.25) is 0 Å². The van der Waals surface area contributed by atoms with Crippen LogP contribution in [0.1, 0.15) is 53.3 Å². The number of esters is 6. The highest BCUT2D eigenvalue weighted by atomic mass is 16.7. The van der Waals surface area contributed by atoms with Crippen LogP contribution < -0.4 is 0 Å². The number of rotatable bonds is 13. The lowest BCUT2D eigenvalue weighted by atomic mass is 9.97. The van der Waals surface area contributed by atoms with Crippen molar-refractivity contribution >= 4 is 58.0 Å². The summed E-state index contributed by atoms with van der Waals surface area (Å²) < 4.78 is 47.1. The van der Waals surface area contributed by atoms with Gasteiger partial charge in [0.1, 0.15) is 36.6 Å². The number of para-hydroxylation sites is 3. The highest BCUT2D eigenvalue weighted by Crippen LogP contribution is 2.37. The summed E-state index contributed by atoms with van der Waals surface area (Å²) in [6.45, 7) is 5.55. The maximum Gasteiger partial charge on any atom is 0.303 e. The van der Waals surface area contributed by atoms with Crippen molar-refractivity contribution < 1.29 is 66.7 Å². The second-order valence-electron chi connectivity index (χ2n) is 12.1. The Morgan fingerprint density at radius 1 is 0.685 bits per heavy atom. The molecule has 2 unspecified atom stereocenters. The molecular formula is C36H38N4O14. The molecule has 0 saturated carbocycles. The third-order valence-electron chi connectivity index (χ3n) is 7.81. The van der Waals surface area contributed by atoms with Gasteiger partial charge in [-0.05, 0) is 24.3 Å². The maximum absolute atomic E-state index is 12.6. The van der Waals surface area contributed by atoms with Crippen molar-refractivity contribution in [2.45, 2.75) is 84.5 Å². The van der Waals surface area contributed by atoms with E-state index < -0.39 is 91.9 Å². The number of hydrogen-bond acceptors (Lipinski definition) is 17. The van der Waals surface area contributed by atoms with Crippen LogP contribution in [0.5, 0.6) is 0 Å². The maximum atomic E-state index is 12.6. The Balaban J connectivity index is 1.74. The molecule has 1 aliphatic heterocycles. The van der Waals surface area contributed by atoms with Gasteiger partial charge in [0, 0.05) is 41.5 Å². The molecular weight excluding hydrogens is 712 g/mol. The van der Waals surface area contributed by atoms with Gasteiger partial charge in [0.25, 0.3) is 0 Å². The second kappa shape index (κ2) is 17.2. The van der Waals surface area contributed by atoms with Crippen molar-refractivity contribution in [3.63, 3.8) is 0 Å². The van der Waals surface area contributed by atoms with Gasteiger partial charge in [0.05, 0.1) is 16.7 Å². The summed E-state index contributed by atoms with van der Waals surface area (Å²) in [5.41, 5.74) is 2.01. The molecule has 0 spiro atoms. The first-order chi connectivity index (χ1) is 25.7. The summed E-state index contributed by atoms with van der Waals surface area (Å²) in [6.07, 6.45) is -10.9. The molecule has 5 rings (SSSR count). The Morgan fingerprint density at radius 2 is 1.26 bits per heavy atom. The van der Waals surface area contributed by atoms with E-state index in [1.807, 2.05) is 6.07 Å². The van der Waals surface area contributed by atoms with Gasteiger partial charge < -0.3 is 37.9 Å². The molecule has 3 heterocycles. The zero-order valence-corrected chi connectivity index (χ0v) is 30.2. The predicted molar refractivity (Wildman–Crippen MR) is 182 cm³/mol. The van der Waals surface area contributed by atoms with Gasteiger partial charge in [-0.3, -0.25) is 28.8 Å². The Labute approximate surface area is 307 Å². The molecule has 2 aromatic carbocycles. The Morgan fingerprint density at radius 3 is 1.85 bits per heavy atom. The molecule has 2 aromatic heterocycles. The minimum absolute atomic E-state index is 0.0124. The van der Waals surface area contributed by atoms with Crippen molar-refractivity contribution in [2.24, 2.45) is 0 Å². The lowest BCUT2D eigenvalue weighted by Gasteiger charge is -2.45. The molecule has 0 amide bonds. The standard InChI is InChI=1S/C36H38N4O14/c1-18(41)47-16-27(49-20(3)43)31(29-30-35(38-26-15-11-10-14-25(26)37-30)40(39-29)24-12-8-7-9-13-24)54-36-34(52-23(6)46)33(51-22(5)45)32(50-21(4)44)28(53-36)17-48-19(2)42/h7-15,27-28,31-34,36H,16-17H2,1-6H3/t27?,28-,31?,32-,33+,34-,36-/m0/s1. The van der Waals surface area contributed by atoms with E-state index in [4.69, 9.17) is 53.0 Å². The molecule has 0 N–H and O–H groups in total. The van der Waals surface area contributed by atoms with Crippen LogP contribution in [-0.4, -0.2) is 106 Å². The first kappa shape index (κ1) is 39.2. The Hall–Kier alpha value is -6.01. The third-order valence-corrected chi connectivity index (χ3v) is 7.81. The normalized spacial score (nSPS) is 20.7. The molecule has 7 atom stereocenters. The van der Waals surface area contributed by atoms with Crippen LogP contribution in [0.15, 0.2) is 54.6 Å². The highest BCUT2D eigenvalue weighted by molar-refractivity contribution is 5.87. The first-order valence-corrected chi connectivity index (χ1v) is 16.7. The topological polar surface area (TPSA) is 220 Å². The molecule has 0 aliphatic carbocycles. The molecule has 1 aliphatic rings. The number of fused-ring (bicyclic) bond motifs is 2. The zero-order valence-electron chi connectivity index (χ0n) is 30.2. The molecule has 286 valence electrons. The van der Waals surface area contributed by atoms with Crippen molar-refractivity contribution in [3.8, 4) is 5.69 Å². The molecule has 4 aromatic rings. The van der Waals surface area contributed by atoms with Crippen LogP contribution in [0.4, 0.5) is 0 Å². The van der Waals surface area contributed by atoms with E-state index in [0.717, 1.165) is 41.5 Å². The molecule has 0 bridgehead atoms. The molecule has 0 radical (unpaired) electrons. The van der Waals surface area contributed by atoms with Gasteiger partial charge in [0.15, 0.2) is 36.4 Å². The summed E-state index contributed by atoms with van der Waals surface area (Å²) in [5, 5.41) is 4.84. The van der Waals surface area contributed by atoms with Crippen LogP contribution in [0, 0.1) is 0 Å². The van der Waals surface area contributed by atoms with Gasteiger partial charge in [-0.25, -0.2) is 14.6 Å². The van der Waals surface area contributed by atoms with Crippen molar-refractivity contribution in [1.29, 1.82) is 0 Å². The van der Waals surface area contributed by atoms with Crippen LogP contribution in [0.3, 0.4) is 0 Å². The molecule has 1 fully saturated rings. The lowest BCUT2D eigenvalue weighted by molar-refractivity contribution is -0.324. The summed E-state index contributed by atoms with van der Waals surface area (Å²) >= 11 is 0. The summed E-state index contributed by atoms with van der Waals surface area (Å²) in [6, 6.07) is 16.0. The van der Waals surface area contributed by atoms with E-state index in [1.165, 1.54) is 4.68 Å². The van der Waals surface area contributed by atoms with E-state index in [2.05, 4.69) is 0 Å². The number of aromatic nitrogens is 4. The number of ether oxygens (including phenoxy) is 8. The fourth-order valence-corrected chi connectivity index (χ4v) is 5.82. The quantitative estimate of drug-likeness (QED) is 0.142. The van der Waals surface area contributed by atoms with Crippen LogP contribution in [0.25, 0.3) is 27.9 Å². The van der Waals surface area contributed by atoms with Gasteiger partial charge in [-0.2, -0.15) is 5.10 Å². The van der Waals surface area contributed by atoms with Crippen LogP contribution >= 0.6 is 0 Å². The lowest BCUT2D eigenvalue weighted by Crippen LogP contribution is -2.63. The van der Waals surface area contributed by atoms with Gasteiger partial charge in [0.2, 0.25) is 0 Å². The molecule has 54 heavy (non-hydrogen) atoms. The zero-order chi connectivity index (χ0) is 39.1. The Bertz CT molecular complexity index is 2040. The largest absolute Gasteiger partial charge is 0.463 e. The minimum Gasteiger partial charge on any atom is -0.463 e. The minimum atomic E-state index is -1.75. The predicted octanol–water partition coefficient (Wildman–Crippen LogP) is 2.60. The highest BCUT2D eigenvalue weighted by Gasteiger charge is 2.54. The number of hydrogen-bond donors (Lipinski definition) is 0. The smallest absolute Gasteiger partial charge is 0.303 e. The second-order valence-corrected chi connectivity index (χ2v) is 12.1. The van der Waals surface area contributed by atoms with Crippen molar-refractivity contribution in [2.75, 3.05) is 13.2 Å². The number of carbonyl (C=O) groups is 6. The van der Waals surface area contributed by atoms with Gasteiger partial charge in [-0.15, -0.1) is 0 Å². The Kier molecular flexibility index (Phi) is 12.5. The van der Waals surface area contributed by atoms with E-state index in [-0.39, 0.29) is 16.9 Å². The van der Waals surface area contributed by atoms with Crippen molar-refractivity contribution in [1.82, 2.24) is 19.7 Å². The number of nitrogens with zero attached hydrogens (tertiary/aromatic N) is 4. The van der Waals surface area contributed by atoms with E-state index in [9.17, 15) is 28.8 Å². The molecule has 1 saturated heterocycles. The third kappa shape index (κ3) is 9.50. The van der Waals surface area contributed by atoms with Crippen molar-refractivity contribution in [3.05, 3.63) is 60.3 Å². The van der Waals surface area contributed by atoms with Gasteiger partial charge >= 0.3 is 35.8 Å². The number of benzene rings is 2. The first-order valence-electron chi connectivity index (χ1n) is 16.7. The van der Waals surface area contributed by atoms with E-state index in [0.29, 0.717) is 16.7 Å². The fraction of sp³-hybridized carbons (Fsp3) is 0.417. The van der Waals surface area contributed by atoms with E-state index >= 15 is 0 Å². The molecule has 18 nitrogen and oxygen atoms in total. The number of carbonyl (C=O) groups excluding carboxylic acids is 6. The summed E-state index contributed by atoms with van der Waals surface area (Å²) in [4.78, 5) is 83.6. The van der Waals surface area contributed by atoms with E-state index in [1.54, 1.807) is 48.5 Å². The SMILES string of the molecule is CC(=O)OCC(OC(C)=O)C(O[C@@H]1O[C@@H](COC(C)=O)[C@H](OC(C)=O)[C@@H](OC(C)=O)[C@@H]1OC(C)=O)c1nn(-c2ccccc2)c2nc3ccccc3nc12. The summed E-state index contributed by atoms with van der Waals surface area (Å²) in [7, 11) is 0. The van der Waals surface area contributed by atoms with Gasteiger partial charge in [-0.1, -0.05) is 30.3 Å².